The van der Waals surface area contributed by atoms with E-state index >= 15 is 0 Å². The molecule has 1 aromatic heterocycles. The fraction of sp³-hybridized carbons (Fsp3) is 0.469. The summed E-state index contributed by atoms with van der Waals surface area (Å²) in [5.41, 5.74) is 2.82. The maximum atomic E-state index is 14.4. The molecule has 0 saturated carbocycles. The van der Waals surface area contributed by atoms with E-state index < -0.39 is 6.17 Å². The summed E-state index contributed by atoms with van der Waals surface area (Å²) in [6.07, 6.45) is 3.78. The quantitative estimate of drug-likeness (QED) is 0.372. The number of likely N-dealkylation sites (N-methyl/N-ethyl adjacent to an activating group) is 1. The third-order valence-electron chi connectivity index (χ3n) is 9.66. The molecular weight excluding hydrogens is 555 g/mol. The van der Waals surface area contributed by atoms with E-state index in [1.807, 2.05) is 19.2 Å². The first-order valence-electron chi connectivity index (χ1n) is 14.8. The number of rotatable bonds is 7. The Hall–Kier alpha value is -3.43. The molecule has 220 valence electrons. The summed E-state index contributed by atoms with van der Waals surface area (Å²) in [5, 5.41) is 2.87. The van der Waals surface area contributed by atoms with Crippen LogP contribution in [0.25, 0.3) is 10.8 Å². The molecule has 42 heavy (non-hydrogen) atoms. The smallest absolute Gasteiger partial charge is 0.318 e. The van der Waals surface area contributed by atoms with Gasteiger partial charge in [0.25, 0.3) is 0 Å². The van der Waals surface area contributed by atoms with Gasteiger partial charge in [-0.15, -0.1) is 0 Å². The second kappa shape index (κ2) is 10.7. The van der Waals surface area contributed by atoms with Gasteiger partial charge in [-0.2, -0.15) is 9.97 Å². The summed E-state index contributed by atoms with van der Waals surface area (Å²) < 4.78 is 20.8. The minimum absolute atomic E-state index is 0.0547. The first kappa shape index (κ1) is 27.4. The van der Waals surface area contributed by atoms with E-state index in [0.717, 1.165) is 70.9 Å². The van der Waals surface area contributed by atoms with Crippen molar-refractivity contribution in [2.24, 2.45) is 0 Å². The first-order valence-corrected chi connectivity index (χ1v) is 15.2. The number of hydrogen-bond donors (Lipinski definition) is 0. The van der Waals surface area contributed by atoms with Crippen molar-refractivity contribution in [2.45, 2.75) is 50.0 Å². The van der Waals surface area contributed by atoms with Crippen LogP contribution in [0, 0.1) is 0 Å². The molecule has 3 fully saturated rings. The van der Waals surface area contributed by atoms with E-state index in [2.05, 4.69) is 45.5 Å². The summed E-state index contributed by atoms with van der Waals surface area (Å²) in [7, 11) is 2.03. The van der Waals surface area contributed by atoms with Gasteiger partial charge >= 0.3 is 6.01 Å². The van der Waals surface area contributed by atoms with Crippen LogP contribution in [0.15, 0.2) is 49.1 Å². The predicted octanol–water partition coefficient (Wildman–Crippen LogP) is 4.63. The van der Waals surface area contributed by atoms with Gasteiger partial charge in [-0.3, -0.25) is 9.69 Å². The highest BCUT2D eigenvalue weighted by molar-refractivity contribution is 6.36. The lowest BCUT2D eigenvalue weighted by atomic mass is 9.95. The summed E-state index contributed by atoms with van der Waals surface area (Å²) in [6.45, 7) is 8.01. The Labute approximate surface area is 250 Å². The van der Waals surface area contributed by atoms with Crippen LogP contribution in [0.4, 0.5) is 15.9 Å². The van der Waals surface area contributed by atoms with Crippen LogP contribution in [-0.4, -0.2) is 89.8 Å². The molecule has 0 radical (unpaired) electrons. The third-order valence-corrected chi connectivity index (χ3v) is 9.97. The van der Waals surface area contributed by atoms with Crippen LogP contribution in [0.5, 0.6) is 6.01 Å². The second-order valence-electron chi connectivity index (χ2n) is 12.1. The monoisotopic (exact) mass is 590 g/mol. The molecule has 0 bridgehead atoms. The van der Waals surface area contributed by atoms with Crippen LogP contribution in [0.2, 0.25) is 5.02 Å². The molecular formula is C32H36ClFN6O2. The second-order valence-corrected chi connectivity index (χ2v) is 12.5. The van der Waals surface area contributed by atoms with Crippen molar-refractivity contribution >= 4 is 39.8 Å². The minimum atomic E-state index is -0.819. The van der Waals surface area contributed by atoms with E-state index in [9.17, 15) is 9.18 Å². The van der Waals surface area contributed by atoms with Crippen molar-refractivity contribution in [1.29, 1.82) is 0 Å². The molecule has 0 spiro atoms. The highest BCUT2D eigenvalue weighted by Crippen LogP contribution is 2.41. The highest BCUT2D eigenvalue weighted by atomic mass is 35.5. The molecule has 0 aliphatic carbocycles. The Kier molecular flexibility index (Phi) is 6.97. The molecule has 2 atom stereocenters. The summed E-state index contributed by atoms with van der Waals surface area (Å²) in [5.74, 6) is 0.790. The van der Waals surface area contributed by atoms with Gasteiger partial charge in [-0.25, -0.2) is 4.39 Å². The molecule has 7 rings (SSSR count). The number of amides is 1. The number of ether oxygens (including phenoxy) is 1. The average Bonchev–Trinajstić information content (AvgIpc) is 3.49. The van der Waals surface area contributed by atoms with Gasteiger partial charge in [0.1, 0.15) is 18.6 Å². The number of carbonyl (C=O) groups excluding carboxylic acids is 1. The van der Waals surface area contributed by atoms with Crippen molar-refractivity contribution in [1.82, 2.24) is 19.8 Å². The number of carbonyl (C=O) groups is 1. The summed E-state index contributed by atoms with van der Waals surface area (Å²) >= 11 is 6.69. The van der Waals surface area contributed by atoms with Crippen molar-refractivity contribution < 1.29 is 13.9 Å². The maximum absolute atomic E-state index is 14.4. The zero-order valence-corrected chi connectivity index (χ0v) is 24.7. The van der Waals surface area contributed by atoms with Gasteiger partial charge in [-0.05, 0) is 49.4 Å². The molecule has 8 nitrogen and oxygen atoms in total. The first-order chi connectivity index (χ1) is 20.3. The predicted molar refractivity (Wildman–Crippen MR) is 163 cm³/mol. The van der Waals surface area contributed by atoms with Crippen molar-refractivity contribution in [2.75, 3.05) is 56.2 Å². The zero-order valence-electron chi connectivity index (χ0n) is 23.9. The summed E-state index contributed by atoms with van der Waals surface area (Å²) in [4.78, 5) is 30.5. The van der Waals surface area contributed by atoms with Gasteiger partial charge < -0.3 is 19.4 Å². The Bertz CT molecular complexity index is 1540. The number of anilines is 2. The molecule has 0 unspecified atom stereocenters. The fourth-order valence-corrected chi connectivity index (χ4v) is 7.60. The molecule has 1 amide bonds. The number of benzene rings is 2. The third kappa shape index (κ3) is 4.67. The van der Waals surface area contributed by atoms with Gasteiger partial charge in [0.15, 0.2) is 0 Å². The number of alkyl halides is 1. The van der Waals surface area contributed by atoms with Crippen molar-refractivity contribution in [3.8, 4) is 6.01 Å². The standard InChI is InChI=1S/C32H36ClFN6O2/c1-3-28(41)39-17-23(18-39)37(2)30-24-11-14-38(27-10-5-8-21-7-4-9-25(33)29(21)27)19-26(24)35-31(36-30)42-20-32-12-6-13-40(32)16-22(34)15-32/h3-5,7-10,22-23H,1,6,11-20H2,2H3/t22-,32+/m1/s1. The van der Waals surface area contributed by atoms with Gasteiger partial charge in [0, 0.05) is 56.3 Å². The summed E-state index contributed by atoms with van der Waals surface area (Å²) in [6, 6.07) is 12.7. The van der Waals surface area contributed by atoms with E-state index in [-0.39, 0.29) is 17.5 Å². The lowest BCUT2D eigenvalue weighted by Gasteiger charge is -2.45. The minimum Gasteiger partial charge on any atom is -0.461 e. The van der Waals surface area contributed by atoms with Crippen LogP contribution in [-0.2, 0) is 17.8 Å². The fourth-order valence-electron chi connectivity index (χ4n) is 7.32. The number of fused-ring (bicyclic) bond motifs is 3. The molecule has 4 aliphatic rings. The SMILES string of the molecule is C=CC(=O)N1CC(N(C)c2nc(OC[C@@]34CCCN3C[C@H](F)C4)nc3c2CCN(c2cccc4cccc(Cl)c24)C3)C1. The van der Waals surface area contributed by atoms with Crippen molar-refractivity contribution in [3.05, 3.63) is 65.3 Å². The van der Waals surface area contributed by atoms with E-state index in [0.29, 0.717) is 45.2 Å². The normalized spacial score (nSPS) is 23.9. The lowest BCUT2D eigenvalue weighted by Crippen LogP contribution is -2.60. The Morgan fingerprint density at radius 2 is 2.02 bits per heavy atom. The van der Waals surface area contributed by atoms with Crippen molar-refractivity contribution in [3.63, 3.8) is 0 Å². The van der Waals surface area contributed by atoms with E-state index in [1.165, 1.54) is 6.08 Å². The average molecular weight is 591 g/mol. The lowest BCUT2D eigenvalue weighted by molar-refractivity contribution is -0.130. The van der Waals surface area contributed by atoms with Crippen LogP contribution in [0.3, 0.4) is 0 Å². The maximum Gasteiger partial charge on any atom is 0.318 e. The highest BCUT2D eigenvalue weighted by Gasteiger charge is 2.49. The molecule has 2 aromatic carbocycles. The number of hydrogen-bond acceptors (Lipinski definition) is 7. The van der Waals surface area contributed by atoms with Crippen LogP contribution < -0.4 is 14.5 Å². The van der Waals surface area contributed by atoms with Gasteiger partial charge in [-0.1, -0.05) is 42.4 Å². The van der Waals surface area contributed by atoms with Gasteiger partial charge in [0.05, 0.1) is 28.8 Å². The van der Waals surface area contributed by atoms with E-state index in [4.69, 9.17) is 26.3 Å². The van der Waals surface area contributed by atoms with Gasteiger partial charge in [0.2, 0.25) is 5.91 Å². The molecule has 4 aliphatic heterocycles. The molecule has 10 heteroatoms. The zero-order chi connectivity index (χ0) is 29.0. The molecule has 3 aromatic rings. The van der Waals surface area contributed by atoms with E-state index in [1.54, 1.807) is 4.90 Å². The number of halogens is 2. The number of likely N-dealkylation sites (tertiary alicyclic amines) is 1. The number of nitrogens with zero attached hydrogens (tertiary/aromatic N) is 6. The van der Waals surface area contributed by atoms with Crippen LogP contribution >= 0.6 is 11.6 Å². The topological polar surface area (TPSA) is 65.0 Å². The Morgan fingerprint density at radius 3 is 2.83 bits per heavy atom. The molecule has 3 saturated heterocycles. The largest absolute Gasteiger partial charge is 0.461 e. The Morgan fingerprint density at radius 1 is 1.21 bits per heavy atom. The number of aromatic nitrogens is 2. The van der Waals surface area contributed by atoms with Crippen LogP contribution in [0.1, 0.15) is 30.5 Å². The Balaban J connectivity index is 1.20. The molecule has 0 N–H and O–H groups in total. The molecule has 5 heterocycles.